The lowest BCUT2D eigenvalue weighted by Crippen LogP contribution is -2.39. The van der Waals surface area contributed by atoms with Gasteiger partial charge in [-0.3, -0.25) is 0 Å². The van der Waals surface area contributed by atoms with E-state index < -0.39 is 0 Å². The SMILES string of the molecule is CCC1(CNCc2ccccc2COC)CCC1. The lowest BCUT2D eigenvalue weighted by atomic mass is 9.67. The maximum Gasteiger partial charge on any atom is 0.0716 e. The van der Waals surface area contributed by atoms with Gasteiger partial charge in [0.25, 0.3) is 0 Å². The first-order valence-corrected chi connectivity index (χ1v) is 7.06. The van der Waals surface area contributed by atoms with Crippen LogP contribution in [-0.4, -0.2) is 13.7 Å². The molecule has 1 aromatic rings. The fourth-order valence-electron chi connectivity index (χ4n) is 2.82. The Morgan fingerprint density at radius 2 is 1.94 bits per heavy atom. The molecule has 2 nitrogen and oxygen atoms in total. The lowest BCUT2D eigenvalue weighted by molar-refractivity contribution is 0.123. The van der Waals surface area contributed by atoms with Gasteiger partial charge in [0.2, 0.25) is 0 Å². The van der Waals surface area contributed by atoms with Gasteiger partial charge in [0.15, 0.2) is 0 Å². The topological polar surface area (TPSA) is 21.3 Å². The van der Waals surface area contributed by atoms with Gasteiger partial charge in [-0.15, -0.1) is 0 Å². The van der Waals surface area contributed by atoms with Crippen molar-refractivity contribution < 1.29 is 4.74 Å². The summed E-state index contributed by atoms with van der Waals surface area (Å²) in [6, 6.07) is 8.53. The average Bonchev–Trinajstić information content (AvgIpc) is 2.35. The molecule has 2 heteroatoms. The van der Waals surface area contributed by atoms with Crippen molar-refractivity contribution in [3.63, 3.8) is 0 Å². The van der Waals surface area contributed by atoms with Crippen LogP contribution in [-0.2, 0) is 17.9 Å². The molecule has 1 saturated carbocycles. The predicted octanol–water partition coefficient (Wildman–Crippen LogP) is 3.50. The number of ether oxygens (including phenoxy) is 1. The third-order valence-electron chi connectivity index (χ3n) is 4.40. The molecule has 1 fully saturated rings. The third-order valence-corrected chi connectivity index (χ3v) is 4.40. The molecular formula is C16H25NO. The molecule has 18 heavy (non-hydrogen) atoms. The number of hydrogen-bond acceptors (Lipinski definition) is 2. The molecule has 0 heterocycles. The molecule has 0 aromatic heterocycles. The zero-order valence-corrected chi connectivity index (χ0v) is 11.7. The second kappa shape index (κ2) is 6.35. The van der Waals surface area contributed by atoms with Crippen molar-refractivity contribution in [2.75, 3.05) is 13.7 Å². The highest BCUT2D eigenvalue weighted by Crippen LogP contribution is 2.43. The van der Waals surface area contributed by atoms with Gasteiger partial charge in [-0.2, -0.15) is 0 Å². The van der Waals surface area contributed by atoms with Crippen LogP contribution in [0.5, 0.6) is 0 Å². The van der Waals surface area contributed by atoms with Crippen LogP contribution in [0.25, 0.3) is 0 Å². The van der Waals surface area contributed by atoms with Gasteiger partial charge in [-0.1, -0.05) is 37.6 Å². The van der Waals surface area contributed by atoms with Crippen molar-refractivity contribution in [1.29, 1.82) is 0 Å². The van der Waals surface area contributed by atoms with Gasteiger partial charge in [0, 0.05) is 20.2 Å². The van der Waals surface area contributed by atoms with Crippen LogP contribution in [0.1, 0.15) is 43.7 Å². The molecule has 0 bridgehead atoms. The van der Waals surface area contributed by atoms with Gasteiger partial charge in [-0.05, 0) is 35.8 Å². The first-order valence-electron chi connectivity index (χ1n) is 7.06. The number of methoxy groups -OCH3 is 1. The number of nitrogens with one attached hydrogen (secondary N) is 1. The molecule has 0 spiro atoms. The molecule has 1 N–H and O–H groups in total. The summed E-state index contributed by atoms with van der Waals surface area (Å²) in [5.74, 6) is 0. The number of benzene rings is 1. The summed E-state index contributed by atoms with van der Waals surface area (Å²) in [5, 5.41) is 3.64. The maximum absolute atomic E-state index is 5.24. The van der Waals surface area contributed by atoms with Crippen LogP contribution in [0.2, 0.25) is 0 Å². The largest absolute Gasteiger partial charge is 0.380 e. The highest BCUT2D eigenvalue weighted by molar-refractivity contribution is 5.26. The predicted molar refractivity (Wildman–Crippen MR) is 75.4 cm³/mol. The minimum absolute atomic E-state index is 0.593. The van der Waals surface area contributed by atoms with Gasteiger partial charge in [0.1, 0.15) is 0 Å². The van der Waals surface area contributed by atoms with Gasteiger partial charge in [-0.25, -0.2) is 0 Å². The van der Waals surface area contributed by atoms with Crippen LogP contribution in [0.4, 0.5) is 0 Å². The minimum atomic E-state index is 0.593. The van der Waals surface area contributed by atoms with Crippen molar-refractivity contribution in [2.45, 2.75) is 45.8 Å². The summed E-state index contributed by atoms with van der Waals surface area (Å²) < 4.78 is 5.24. The Morgan fingerprint density at radius 1 is 1.22 bits per heavy atom. The maximum atomic E-state index is 5.24. The first kappa shape index (κ1) is 13.6. The van der Waals surface area contributed by atoms with Crippen LogP contribution >= 0.6 is 0 Å². The van der Waals surface area contributed by atoms with Crippen molar-refractivity contribution in [3.05, 3.63) is 35.4 Å². The van der Waals surface area contributed by atoms with Crippen LogP contribution < -0.4 is 5.32 Å². The number of rotatable bonds is 7. The Kier molecular flexibility index (Phi) is 4.79. The summed E-state index contributed by atoms with van der Waals surface area (Å²) >= 11 is 0. The molecule has 1 aliphatic carbocycles. The minimum Gasteiger partial charge on any atom is -0.380 e. The Morgan fingerprint density at radius 3 is 2.50 bits per heavy atom. The standard InChI is InChI=1S/C16H25NO/c1-3-16(9-6-10-16)13-17-11-14-7-4-5-8-15(14)12-18-2/h4-5,7-8,17H,3,6,9-13H2,1-2H3. The van der Waals surface area contributed by atoms with E-state index in [0.717, 1.165) is 13.1 Å². The van der Waals surface area contributed by atoms with Crippen LogP contribution in [0, 0.1) is 5.41 Å². The Balaban J connectivity index is 1.86. The smallest absolute Gasteiger partial charge is 0.0716 e. The highest BCUT2D eigenvalue weighted by atomic mass is 16.5. The molecule has 0 amide bonds. The molecule has 2 rings (SSSR count). The zero-order valence-electron chi connectivity index (χ0n) is 11.7. The molecule has 0 aliphatic heterocycles. The molecule has 100 valence electrons. The fraction of sp³-hybridized carbons (Fsp3) is 0.625. The third kappa shape index (κ3) is 3.12. The molecule has 0 radical (unpaired) electrons. The van der Waals surface area contributed by atoms with E-state index in [-0.39, 0.29) is 0 Å². The summed E-state index contributed by atoms with van der Waals surface area (Å²) in [6.45, 7) is 5.14. The van der Waals surface area contributed by atoms with E-state index in [1.807, 2.05) is 0 Å². The van der Waals surface area contributed by atoms with E-state index >= 15 is 0 Å². The molecule has 0 atom stereocenters. The van der Waals surface area contributed by atoms with Crippen LogP contribution in [0.3, 0.4) is 0 Å². The molecule has 1 aliphatic rings. The molecule has 0 saturated heterocycles. The average molecular weight is 247 g/mol. The Bertz CT molecular complexity index is 366. The fourth-order valence-corrected chi connectivity index (χ4v) is 2.82. The Labute approximate surface area is 111 Å². The molecule has 1 aromatic carbocycles. The van der Waals surface area contributed by atoms with Crippen molar-refractivity contribution >= 4 is 0 Å². The normalized spacial score (nSPS) is 17.4. The monoisotopic (exact) mass is 247 g/mol. The van der Waals surface area contributed by atoms with Crippen molar-refractivity contribution in [1.82, 2.24) is 5.32 Å². The van der Waals surface area contributed by atoms with Gasteiger partial charge < -0.3 is 10.1 Å². The highest BCUT2D eigenvalue weighted by Gasteiger charge is 2.34. The second-order valence-electron chi connectivity index (χ2n) is 5.51. The van der Waals surface area contributed by atoms with E-state index in [9.17, 15) is 0 Å². The van der Waals surface area contributed by atoms with E-state index in [4.69, 9.17) is 4.74 Å². The van der Waals surface area contributed by atoms with E-state index in [1.165, 1.54) is 36.8 Å². The quantitative estimate of drug-likeness (QED) is 0.796. The van der Waals surface area contributed by atoms with Crippen molar-refractivity contribution in [3.8, 4) is 0 Å². The van der Waals surface area contributed by atoms with Gasteiger partial charge in [0.05, 0.1) is 6.61 Å². The zero-order chi connectivity index (χ0) is 12.8. The Hall–Kier alpha value is -0.860. The van der Waals surface area contributed by atoms with E-state index in [2.05, 4.69) is 36.5 Å². The summed E-state index contributed by atoms with van der Waals surface area (Å²) in [6.07, 6.45) is 5.52. The summed E-state index contributed by atoms with van der Waals surface area (Å²) in [4.78, 5) is 0. The molecule has 0 unspecified atom stereocenters. The van der Waals surface area contributed by atoms with Gasteiger partial charge >= 0.3 is 0 Å². The lowest BCUT2D eigenvalue weighted by Gasteiger charge is -2.41. The van der Waals surface area contributed by atoms with Crippen molar-refractivity contribution in [2.24, 2.45) is 5.41 Å². The second-order valence-corrected chi connectivity index (χ2v) is 5.51. The first-order chi connectivity index (χ1) is 8.79. The molecular weight excluding hydrogens is 222 g/mol. The summed E-state index contributed by atoms with van der Waals surface area (Å²) in [5.41, 5.74) is 3.26. The van der Waals surface area contributed by atoms with E-state index in [0.29, 0.717) is 12.0 Å². The van der Waals surface area contributed by atoms with E-state index in [1.54, 1.807) is 7.11 Å². The summed E-state index contributed by atoms with van der Waals surface area (Å²) in [7, 11) is 1.75. The number of hydrogen-bond donors (Lipinski definition) is 1. The van der Waals surface area contributed by atoms with Crippen LogP contribution in [0.15, 0.2) is 24.3 Å².